The molecule has 1 saturated heterocycles. The van der Waals surface area contributed by atoms with Gasteiger partial charge < -0.3 is 15.5 Å². The van der Waals surface area contributed by atoms with Crippen LogP contribution in [0.2, 0.25) is 0 Å². The highest BCUT2D eigenvalue weighted by Gasteiger charge is 2.34. The minimum atomic E-state index is -4.56. The van der Waals surface area contributed by atoms with Crippen molar-refractivity contribution in [2.45, 2.75) is 38.9 Å². The number of benzene rings is 1. The Morgan fingerprint density at radius 2 is 1.96 bits per heavy atom. The summed E-state index contributed by atoms with van der Waals surface area (Å²) in [5.74, 6) is -0.930. The predicted molar refractivity (Wildman–Crippen MR) is 99.8 cm³/mol. The maximum absolute atomic E-state index is 13.0. The smallest absolute Gasteiger partial charge is 0.333 e. The maximum atomic E-state index is 13.0. The summed E-state index contributed by atoms with van der Waals surface area (Å²) in [5.41, 5.74) is -1.21. The van der Waals surface area contributed by atoms with Gasteiger partial charge in [-0.05, 0) is 45.4 Å². The number of para-hydroxylation sites is 1. The van der Waals surface area contributed by atoms with Crippen LogP contribution in [0.4, 0.5) is 18.9 Å². The Morgan fingerprint density at radius 3 is 2.56 bits per heavy atom. The fourth-order valence-corrected chi connectivity index (χ4v) is 3.16. The number of likely N-dealkylation sites (N-methyl/N-ethyl adjacent to an activating group) is 1. The first-order valence-electron chi connectivity index (χ1n) is 8.70. The van der Waals surface area contributed by atoms with Crippen LogP contribution in [0.1, 0.15) is 32.3 Å². The molecule has 1 aliphatic rings. The summed E-state index contributed by atoms with van der Waals surface area (Å²) in [6.45, 7) is 4.54. The molecule has 0 spiro atoms. The average Bonchev–Trinajstić information content (AvgIpc) is 2.58. The molecule has 152 valence electrons. The molecular formula is C18H25ClF3N3O2. The van der Waals surface area contributed by atoms with E-state index in [1.54, 1.807) is 6.92 Å². The van der Waals surface area contributed by atoms with Crippen LogP contribution in [0.5, 0.6) is 0 Å². The van der Waals surface area contributed by atoms with E-state index >= 15 is 0 Å². The van der Waals surface area contributed by atoms with Crippen LogP contribution in [0.3, 0.4) is 0 Å². The van der Waals surface area contributed by atoms with E-state index in [0.717, 1.165) is 12.6 Å². The normalized spacial score (nSPS) is 19.7. The summed E-state index contributed by atoms with van der Waals surface area (Å²) in [6.07, 6.45) is -3.18. The maximum Gasteiger partial charge on any atom is 0.418 e. The Labute approximate surface area is 163 Å². The topological polar surface area (TPSA) is 61.4 Å². The molecule has 0 unspecified atom stereocenters. The van der Waals surface area contributed by atoms with Crippen LogP contribution in [0.25, 0.3) is 0 Å². The molecule has 0 bridgehead atoms. The third-order valence-electron chi connectivity index (χ3n) is 4.51. The highest BCUT2D eigenvalue weighted by atomic mass is 35.5. The van der Waals surface area contributed by atoms with Gasteiger partial charge in [0.25, 0.3) is 0 Å². The molecule has 0 radical (unpaired) electrons. The van der Waals surface area contributed by atoms with Crippen LogP contribution >= 0.6 is 12.4 Å². The van der Waals surface area contributed by atoms with Crippen molar-refractivity contribution >= 4 is 29.9 Å². The summed E-state index contributed by atoms with van der Waals surface area (Å²) in [5, 5.41) is 5.54. The molecule has 2 N–H and O–H groups in total. The zero-order valence-corrected chi connectivity index (χ0v) is 16.1. The van der Waals surface area contributed by atoms with E-state index < -0.39 is 17.6 Å². The number of alkyl halides is 3. The number of amides is 2. The predicted octanol–water partition coefficient (Wildman–Crippen LogP) is 3.30. The number of carbonyl (C=O) groups excluding carboxylic acids is 2. The lowest BCUT2D eigenvalue weighted by Gasteiger charge is -2.31. The number of halogens is 4. The molecule has 1 aliphatic heterocycles. The van der Waals surface area contributed by atoms with Crippen LogP contribution < -0.4 is 10.6 Å². The van der Waals surface area contributed by atoms with E-state index in [-0.39, 0.29) is 42.5 Å². The van der Waals surface area contributed by atoms with Gasteiger partial charge in [0.15, 0.2) is 0 Å². The fourth-order valence-electron chi connectivity index (χ4n) is 3.16. The Morgan fingerprint density at radius 1 is 1.30 bits per heavy atom. The van der Waals surface area contributed by atoms with Crippen molar-refractivity contribution < 1.29 is 22.8 Å². The summed E-state index contributed by atoms with van der Waals surface area (Å²) in [7, 11) is 0. The van der Waals surface area contributed by atoms with Gasteiger partial charge in [0.1, 0.15) is 0 Å². The Bertz CT molecular complexity index is 655. The van der Waals surface area contributed by atoms with Gasteiger partial charge in [0.2, 0.25) is 11.8 Å². The molecule has 0 saturated carbocycles. The van der Waals surface area contributed by atoms with E-state index in [4.69, 9.17) is 0 Å². The number of nitrogens with zero attached hydrogens (tertiary/aromatic N) is 1. The van der Waals surface area contributed by atoms with Gasteiger partial charge in [-0.2, -0.15) is 13.2 Å². The van der Waals surface area contributed by atoms with E-state index in [0.29, 0.717) is 19.4 Å². The van der Waals surface area contributed by atoms with Crippen molar-refractivity contribution in [3.05, 3.63) is 29.8 Å². The zero-order chi connectivity index (χ0) is 19.3. The van der Waals surface area contributed by atoms with E-state index in [2.05, 4.69) is 10.6 Å². The van der Waals surface area contributed by atoms with Gasteiger partial charge in [0.05, 0.1) is 17.8 Å². The molecule has 2 rings (SSSR count). The quantitative estimate of drug-likeness (QED) is 0.787. The van der Waals surface area contributed by atoms with Crippen molar-refractivity contribution in [3.8, 4) is 0 Å². The van der Waals surface area contributed by atoms with Crippen molar-refractivity contribution in [2.75, 3.05) is 25.0 Å². The Balaban J connectivity index is 0.00000364. The molecule has 0 aromatic heterocycles. The number of rotatable bonds is 5. The second-order valence-corrected chi connectivity index (χ2v) is 6.52. The molecule has 2 amide bonds. The largest absolute Gasteiger partial charge is 0.418 e. The summed E-state index contributed by atoms with van der Waals surface area (Å²) < 4.78 is 39.0. The first-order valence-corrected chi connectivity index (χ1v) is 8.70. The summed E-state index contributed by atoms with van der Waals surface area (Å²) in [4.78, 5) is 26.3. The highest BCUT2D eigenvalue weighted by Crippen LogP contribution is 2.34. The first kappa shape index (κ1) is 23.2. The number of anilines is 1. The summed E-state index contributed by atoms with van der Waals surface area (Å²) in [6, 6.07) is 5.02. The minimum absolute atomic E-state index is 0. The number of nitrogens with one attached hydrogen (secondary N) is 2. The van der Waals surface area contributed by atoms with Crippen LogP contribution in [-0.4, -0.2) is 42.4 Å². The third-order valence-corrected chi connectivity index (χ3v) is 4.51. The van der Waals surface area contributed by atoms with Gasteiger partial charge in [0, 0.05) is 18.5 Å². The number of hydrogen-bond acceptors (Lipinski definition) is 3. The minimum Gasteiger partial charge on any atom is -0.333 e. The molecule has 1 fully saturated rings. The molecular weight excluding hydrogens is 383 g/mol. The molecule has 5 nitrogen and oxygen atoms in total. The standard InChI is InChI=1S/C18H24F3N3O2.ClH/c1-3-24(17(26)13-8-9-22-12(2)10-13)11-16(25)23-15-7-5-4-6-14(15)18(19,20)21;/h4-7,12-13,22H,3,8-11H2,1-2H3,(H,23,25);1H/t12-,13-;/m0./s1. The number of carbonyl (C=O) groups is 2. The third kappa shape index (κ3) is 6.39. The molecule has 27 heavy (non-hydrogen) atoms. The average molecular weight is 408 g/mol. The number of piperidine rings is 1. The van der Waals surface area contributed by atoms with Crippen LogP contribution in [0, 0.1) is 5.92 Å². The van der Waals surface area contributed by atoms with Crippen molar-refractivity contribution in [1.82, 2.24) is 10.2 Å². The Kier molecular flexibility index (Phi) is 8.56. The lowest BCUT2D eigenvalue weighted by atomic mass is 9.92. The second kappa shape index (κ2) is 9.94. The van der Waals surface area contributed by atoms with Crippen molar-refractivity contribution in [3.63, 3.8) is 0 Å². The molecule has 9 heteroatoms. The van der Waals surface area contributed by atoms with Crippen molar-refractivity contribution in [2.24, 2.45) is 5.92 Å². The molecule has 0 aliphatic carbocycles. The van der Waals surface area contributed by atoms with E-state index in [1.165, 1.54) is 23.1 Å². The van der Waals surface area contributed by atoms with Crippen molar-refractivity contribution in [1.29, 1.82) is 0 Å². The van der Waals surface area contributed by atoms with E-state index in [1.807, 2.05) is 6.92 Å². The summed E-state index contributed by atoms with van der Waals surface area (Å²) >= 11 is 0. The van der Waals surface area contributed by atoms with E-state index in [9.17, 15) is 22.8 Å². The highest BCUT2D eigenvalue weighted by molar-refractivity contribution is 5.95. The molecule has 1 aromatic carbocycles. The monoisotopic (exact) mass is 407 g/mol. The lowest BCUT2D eigenvalue weighted by molar-refractivity contribution is -0.139. The number of hydrogen-bond donors (Lipinski definition) is 2. The van der Waals surface area contributed by atoms with Crippen LogP contribution in [-0.2, 0) is 15.8 Å². The van der Waals surface area contributed by atoms with Gasteiger partial charge >= 0.3 is 6.18 Å². The second-order valence-electron chi connectivity index (χ2n) is 6.52. The van der Waals surface area contributed by atoms with Gasteiger partial charge in [-0.3, -0.25) is 9.59 Å². The van der Waals surface area contributed by atoms with Gasteiger partial charge in [-0.25, -0.2) is 0 Å². The first-order chi connectivity index (χ1) is 12.2. The molecule has 2 atom stereocenters. The van der Waals surface area contributed by atoms with Gasteiger partial charge in [-0.1, -0.05) is 12.1 Å². The SMILES string of the molecule is CCN(CC(=O)Nc1ccccc1C(F)(F)F)C(=O)[C@H]1CCN[C@@H](C)C1.Cl. The van der Waals surface area contributed by atoms with Crippen LogP contribution in [0.15, 0.2) is 24.3 Å². The van der Waals surface area contributed by atoms with Gasteiger partial charge in [-0.15, -0.1) is 12.4 Å². The molecule has 1 heterocycles. The fraction of sp³-hybridized carbons (Fsp3) is 0.556. The Hall–Kier alpha value is -1.80. The lowest BCUT2D eigenvalue weighted by Crippen LogP contribution is -2.46. The molecule has 1 aromatic rings. The zero-order valence-electron chi connectivity index (χ0n) is 15.3.